The Bertz CT molecular complexity index is 795. The third-order valence-electron chi connectivity index (χ3n) is 5.65. The topological polar surface area (TPSA) is 73.3 Å². The molecule has 8 heteroatoms. The van der Waals surface area contributed by atoms with E-state index in [0.717, 1.165) is 61.5 Å². The maximum Gasteiger partial charge on any atom is 0.320 e. The maximum atomic E-state index is 13.0. The van der Waals surface area contributed by atoms with Crippen LogP contribution in [0.25, 0.3) is 11.3 Å². The molecule has 140 valence electrons. The van der Waals surface area contributed by atoms with Gasteiger partial charge in [-0.15, -0.1) is 0 Å². The van der Waals surface area contributed by atoms with Crippen molar-refractivity contribution in [3.63, 3.8) is 0 Å². The second-order valence-corrected chi connectivity index (χ2v) is 7.38. The quantitative estimate of drug-likeness (QED) is 0.901. The van der Waals surface area contributed by atoms with E-state index < -0.39 is 0 Å². The van der Waals surface area contributed by atoms with Crippen molar-refractivity contribution >= 4 is 6.03 Å². The molecule has 2 aromatic heterocycles. The Balaban J connectivity index is 1.52. The fourth-order valence-corrected chi connectivity index (χ4v) is 3.96. The minimum Gasteiger partial charge on any atom is -0.323 e. The number of carbonyl (C=O) groups excluding carboxylic acids is 1. The molecule has 0 spiro atoms. The minimum atomic E-state index is 0.118. The van der Waals surface area contributed by atoms with Crippen LogP contribution in [0.5, 0.6) is 0 Å². The van der Waals surface area contributed by atoms with Gasteiger partial charge in [0.2, 0.25) is 0 Å². The van der Waals surface area contributed by atoms with Crippen LogP contribution in [0.2, 0.25) is 0 Å². The monoisotopic (exact) mass is 357 g/mol. The van der Waals surface area contributed by atoms with E-state index in [9.17, 15) is 4.79 Å². The molecule has 8 nitrogen and oxygen atoms in total. The highest BCUT2D eigenvalue weighted by atomic mass is 16.2. The Morgan fingerprint density at radius 3 is 2.96 bits per heavy atom. The smallest absolute Gasteiger partial charge is 0.320 e. The van der Waals surface area contributed by atoms with Gasteiger partial charge in [-0.25, -0.2) is 4.79 Å². The first-order valence-electron chi connectivity index (χ1n) is 9.36. The van der Waals surface area contributed by atoms with Gasteiger partial charge < -0.3 is 14.7 Å². The fourth-order valence-electron chi connectivity index (χ4n) is 3.96. The number of aryl methyl sites for hydroxylation is 1. The summed E-state index contributed by atoms with van der Waals surface area (Å²) in [6, 6.07) is 0.424. The number of aromatic amines is 1. The normalized spacial score (nSPS) is 20.4. The van der Waals surface area contributed by atoms with Crippen molar-refractivity contribution in [3.8, 4) is 11.3 Å². The first-order valence-corrected chi connectivity index (χ1v) is 9.36. The number of amides is 2. The summed E-state index contributed by atoms with van der Waals surface area (Å²) in [5.74, 6) is 0. The molecule has 4 heterocycles. The number of nitrogens with one attached hydrogen (secondary N) is 1. The van der Waals surface area contributed by atoms with Crippen LogP contribution in [0.1, 0.15) is 24.6 Å². The van der Waals surface area contributed by atoms with Crippen LogP contribution >= 0.6 is 0 Å². The van der Waals surface area contributed by atoms with E-state index in [2.05, 4.69) is 34.2 Å². The minimum absolute atomic E-state index is 0.118. The predicted octanol–water partition coefficient (Wildman–Crippen LogP) is 1.41. The first kappa shape index (κ1) is 17.1. The Kier molecular flexibility index (Phi) is 4.44. The van der Waals surface area contributed by atoms with Crippen molar-refractivity contribution in [2.75, 3.05) is 33.7 Å². The van der Waals surface area contributed by atoms with Gasteiger partial charge in [-0.05, 0) is 26.9 Å². The molecule has 2 amide bonds. The number of aromatic nitrogens is 4. The second kappa shape index (κ2) is 6.75. The Labute approximate surface area is 153 Å². The van der Waals surface area contributed by atoms with E-state index >= 15 is 0 Å². The molecular formula is C18H27N7O. The SMILES string of the molecule is CCn1cc(-c2n[nH]c3c2CN(C(=O)N(C)C2CCN(C)C2)CC3)cn1. The first-order chi connectivity index (χ1) is 12.6. The molecular weight excluding hydrogens is 330 g/mol. The molecule has 0 radical (unpaired) electrons. The van der Waals surface area contributed by atoms with E-state index in [1.54, 1.807) is 0 Å². The van der Waals surface area contributed by atoms with Gasteiger partial charge in [-0.2, -0.15) is 10.2 Å². The average Bonchev–Trinajstić information content (AvgIpc) is 3.38. The molecule has 0 saturated carbocycles. The third-order valence-corrected chi connectivity index (χ3v) is 5.65. The second-order valence-electron chi connectivity index (χ2n) is 7.38. The number of H-pyrrole nitrogens is 1. The van der Waals surface area contributed by atoms with Crippen LogP contribution in [0.15, 0.2) is 12.4 Å². The fraction of sp³-hybridized carbons (Fsp3) is 0.611. The lowest BCUT2D eigenvalue weighted by Gasteiger charge is -2.34. The molecule has 4 rings (SSSR count). The molecule has 1 fully saturated rings. The van der Waals surface area contributed by atoms with Crippen molar-refractivity contribution in [2.24, 2.45) is 0 Å². The number of hydrogen-bond donors (Lipinski definition) is 1. The summed E-state index contributed by atoms with van der Waals surface area (Å²) >= 11 is 0. The maximum absolute atomic E-state index is 13.0. The zero-order valence-corrected chi connectivity index (χ0v) is 15.8. The van der Waals surface area contributed by atoms with Gasteiger partial charge in [0, 0.05) is 62.2 Å². The van der Waals surface area contributed by atoms with Gasteiger partial charge in [0.05, 0.1) is 12.7 Å². The lowest BCUT2D eigenvalue weighted by Crippen LogP contribution is -2.48. The summed E-state index contributed by atoms with van der Waals surface area (Å²) < 4.78 is 1.90. The standard InChI is InChI=1S/C18H27N7O/c1-4-25-10-13(9-19-25)17-15-12-24(8-6-16(15)20-21-17)18(26)23(3)14-5-7-22(2)11-14/h9-10,14H,4-8,11-12H2,1-3H3,(H,20,21). The van der Waals surface area contributed by atoms with Crippen molar-refractivity contribution in [3.05, 3.63) is 23.7 Å². The number of hydrogen-bond acceptors (Lipinski definition) is 4. The van der Waals surface area contributed by atoms with E-state index in [1.165, 1.54) is 0 Å². The summed E-state index contributed by atoms with van der Waals surface area (Å²) in [6.07, 6.45) is 5.72. The number of urea groups is 1. The van der Waals surface area contributed by atoms with Crippen molar-refractivity contribution in [1.29, 1.82) is 0 Å². The van der Waals surface area contributed by atoms with Crippen LogP contribution in [-0.4, -0.2) is 80.5 Å². The Hall–Kier alpha value is -2.35. The van der Waals surface area contributed by atoms with E-state index in [4.69, 9.17) is 0 Å². The number of carbonyl (C=O) groups is 1. The largest absolute Gasteiger partial charge is 0.323 e. The van der Waals surface area contributed by atoms with Gasteiger partial charge >= 0.3 is 6.03 Å². The summed E-state index contributed by atoms with van der Waals surface area (Å²) in [6.45, 7) is 6.23. The number of likely N-dealkylation sites (tertiary alicyclic amines) is 1. The highest BCUT2D eigenvalue weighted by Gasteiger charge is 2.32. The molecule has 26 heavy (non-hydrogen) atoms. The molecule has 2 aliphatic rings. The van der Waals surface area contributed by atoms with E-state index in [0.29, 0.717) is 12.6 Å². The van der Waals surface area contributed by atoms with Crippen molar-refractivity contribution < 1.29 is 4.79 Å². The van der Waals surface area contributed by atoms with Crippen LogP contribution in [0, 0.1) is 0 Å². The molecule has 2 aromatic rings. The summed E-state index contributed by atoms with van der Waals surface area (Å²) in [5.41, 5.74) is 4.18. The predicted molar refractivity (Wildman–Crippen MR) is 98.7 cm³/mol. The summed E-state index contributed by atoms with van der Waals surface area (Å²) in [5, 5.41) is 12.0. The van der Waals surface area contributed by atoms with E-state index in [-0.39, 0.29) is 6.03 Å². The Morgan fingerprint density at radius 2 is 2.27 bits per heavy atom. The zero-order valence-electron chi connectivity index (χ0n) is 15.8. The lowest BCUT2D eigenvalue weighted by atomic mass is 10.0. The van der Waals surface area contributed by atoms with Crippen molar-refractivity contribution in [1.82, 2.24) is 34.7 Å². The van der Waals surface area contributed by atoms with Crippen LogP contribution < -0.4 is 0 Å². The van der Waals surface area contributed by atoms with Crippen LogP contribution in [0.3, 0.4) is 0 Å². The molecule has 2 aliphatic heterocycles. The molecule has 0 aromatic carbocycles. The van der Waals surface area contributed by atoms with E-state index in [1.807, 2.05) is 33.9 Å². The van der Waals surface area contributed by atoms with Crippen LogP contribution in [0.4, 0.5) is 4.79 Å². The van der Waals surface area contributed by atoms with Gasteiger partial charge in [0.15, 0.2) is 0 Å². The highest BCUT2D eigenvalue weighted by molar-refractivity contribution is 5.75. The van der Waals surface area contributed by atoms with Gasteiger partial charge in [0.1, 0.15) is 5.69 Å². The average molecular weight is 357 g/mol. The number of likely N-dealkylation sites (N-methyl/N-ethyl adjacent to an activating group) is 2. The molecule has 1 saturated heterocycles. The molecule has 1 unspecified atom stereocenters. The number of nitrogens with zero attached hydrogens (tertiary/aromatic N) is 6. The summed E-state index contributed by atoms with van der Waals surface area (Å²) in [4.78, 5) is 19.2. The van der Waals surface area contributed by atoms with Gasteiger partial charge in [-0.1, -0.05) is 0 Å². The summed E-state index contributed by atoms with van der Waals surface area (Å²) in [7, 11) is 4.04. The lowest BCUT2D eigenvalue weighted by molar-refractivity contribution is 0.142. The van der Waals surface area contributed by atoms with Crippen LogP contribution in [-0.2, 0) is 19.5 Å². The number of rotatable bonds is 3. The molecule has 0 aliphatic carbocycles. The van der Waals surface area contributed by atoms with Gasteiger partial charge in [0.25, 0.3) is 0 Å². The highest BCUT2D eigenvalue weighted by Crippen LogP contribution is 2.29. The number of fused-ring (bicyclic) bond motifs is 1. The molecule has 1 atom stereocenters. The van der Waals surface area contributed by atoms with Gasteiger partial charge in [-0.3, -0.25) is 9.78 Å². The third kappa shape index (κ3) is 2.98. The Morgan fingerprint density at radius 1 is 1.42 bits per heavy atom. The molecule has 0 bridgehead atoms. The molecule has 1 N–H and O–H groups in total. The van der Waals surface area contributed by atoms with Crippen molar-refractivity contribution in [2.45, 2.75) is 38.9 Å². The zero-order chi connectivity index (χ0) is 18.3.